The number of benzene rings is 2. The fourth-order valence-corrected chi connectivity index (χ4v) is 4.90. The summed E-state index contributed by atoms with van der Waals surface area (Å²) in [6.45, 7) is -0.362. The summed E-state index contributed by atoms with van der Waals surface area (Å²) in [4.78, 5) is 29.5. The molecule has 1 aliphatic rings. The van der Waals surface area contributed by atoms with Crippen molar-refractivity contribution in [2.75, 3.05) is 11.9 Å². The van der Waals surface area contributed by atoms with Crippen LogP contribution in [0.3, 0.4) is 0 Å². The lowest BCUT2D eigenvalue weighted by atomic mass is 9.79. The van der Waals surface area contributed by atoms with Gasteiger partial charge in [-0.2, -0.15) is 0 Å². The first-order valence-electron chi connectivity index (χ1n) is 9.67. The molecule has 1 saturated carbocycles. The minimum absolute atomic E-state index is 0.0220. The standard InChI is InChI=1S/C22H21FN2O3S/c23-14-9-11-15(12-10-14)24-20(26)13-28-22(27)17-6-2-1-5-16(17)21-25-18-7-3-4-8-19(18)29-21/h3-4,7-12,16-17H,1-2,5-6,13H2,(H,24,26). The van der Waals surface area contributed by atoms with Gasteiger partial charge in [0.25, 0.3) is 5.91 Å². The van der Waals surface area contributed by atoms with E-state index < -0.39 is 5.91 Å². The van der Waals surface area contributed by atoms with Crippen LogP contribution in [-0.4, -0.2) is 23.5 Å². The fourth-order valence-electron chi connectivity index (χ4n) is 3.73. The molecule has 0 aliphatic heterocycles. The summed E-state index contributed by atoms with van der Waals surface area (Å²) in [5.41, 5.74) is 1.40. The second kappa shape index (κ2) is 8.69. The Hall–Kier alpha value is -2.80. The predicted molar refractivity (Wildman–Crippen MR) is 110 cm³/mol. The first-order chi connectivity index (χ1) is 14.1. The number of ether oxygens (including phenoxy) is 1. The van der Waals surface area contributed by atoms with Crippen LogP contribution in [0.25, 0.3) is 10.2 Å². The fraction of sp³-hybridized carbons (Fsp3) is 0.318. The van der Waals surface area contributed by atoms with Crippen LogP contribution in [0.2, 0.25) is 0 Å². The van der Waals surface area contributed by atoms with E-state index in [1.165, 1.54) is 24.3 Å². The lowest BCUT2D eigenvalue weighted by Crippen LogP contribution is -2.30. The molecule has 1 fully saturated rings. The first kappa shape index (κ1) is 19.5. The number of para-hydroxylation sites is 1. The van der Waals surface area contributed by atoms with Gasteiger partial charge in [0.15, 0.2) is 6.61 Å². The van der Waals surface area contributed by atoms with Crippen molar-refractivity contribution < 1.29 is 18.7 Å². The van der Waals surface area contributed by atoms with E-state index in [0.717, 1.165) is 40.9 Å². The maximum absolute atomic E-state index is 12.9. The summed E-state index contributed by atoms with van der Waals surface area (Å²) < 4.78 is 19.4. The SMILES string of the molecule is O=C(COC(=O)C1CCCCC1c1nc2ccccc2s1)Nc1ccc(F)cc1. The Labute approximate surface area is 171 Å². The van der Waals surface area contributed by atoms with Crippen molar-refractivity contribution in [2.45, 2.75) is 31.6 Å². The summed E-state index contributed by atoms with van der Waals surface area (Å²) in [6, 6.07) is 13.4. The number of hydrogen-bond acceptors (Lipinski definition) is 5. The van der Waals surface area contributed by atoms with Crippen molar-refractivity contribution in [3.63, 3.8) is 0 Å². The number of amides is 1. The summed E-state index contributed by atoms with van der Waals surface area (Å²) in [7, 11) is 0. The van der Waals surface area contributed by atoms with Crippen molar-refractivity contribution in [3.8, 4) is 0 Å². The molecule has 2 unspecified atom stereocenters. The highest BCUT2D eigenvalue weighted by atomic mass is 32.1. The highest BCUT2D eigenvalue weighted by Gasteiger charge is 2.35. The van der Waals surface area contributed by atoms with Crippen LogP contribution in [0.1, 0.15) is 36.6 Å². The minimum Gasteiger partial charge on any atom is -0.455 e. The van der Waals surface area contributed by atoms with Gasteiger partial charge in [0.05, 0.1) is 21.1 Å². The van der Waals surface area contributed by atoms with Gasteiger partial charge in [0, 0.05) is 11.6 Å². The number of anilines is 1. The summed E-state index contributed by atoms with van der Waals surface area (Å²) in [5.74, 6) is -1.45. The van der Waals surface area contributed by atoms with Crippen LogP contribution in [-0.2, 0) is 14.3 Å². The van der Waals surface area contributed by atoms with Crippen molar-refractivity contribution in [1.82, 2.24) is 4.98 Å². The Morgan fingerprint density at radius 1 is 1.10 bits per heavy atom. The molecular formula is C22H21FN2O3S. The normalized spacial score (nSPS) is 19.1. The van der Waals surface area contributed by atoms with Gasteiger partial charge in [-0.1, -0.05) is 25.0 Å². The monoisotopic (exact) mass is 412 g/mol. The molecule has 150 valence electrons. The van der Waals surface area contributed by atoms with E-state index in [0.29, 0.717) is 5.69 Å². The Morgan fingerprint density at radius 2 is 1.86 bits per heavy atom. The van der Waals surface area contributed by atoms with Crippen LogP contribution >= 0.6 is 11.3 Å². The molecule has 0 bridgehead atoms. The minimum atomic E-state index is -0.447. The number of nitrogens with one attached hydrogen (secondary N) is 1. The first-order valence-corrected chi connectivity index (χ1v) is 10.5. The van der Waals surface area contributed by atoms with Crippen LogP contribution < -0.4 is 5.32 Å². The smallest absolute Gasteiger partial charge is 0.310 e. The second-order valence-corrected chi connectivity index (χ2v) is 8.24. The van der Waals surface area contributed by atoms with Gasteiger partial charge in [-0.05, 0) is 49.2 Å². The predicted octanol–water partition coefficient (Wildman–Crippen LogP) is 4.89. The van der Waals surface area contributed by atoms with Gasteiger partial charge in [-0.15, -0.1) is 11.3 Å². The van der Waals surface area contributed by atoms with Crippen molar-refractivity contribution in [2.24, 2.45) is 5.92 Å². The van der Waals surface area contributed by atoms with Gasteiger partial charge in [-0.3, -0.25) is 9.59 Å². The average Bonchev–Trinajstić information content (AvgIpc) is 3.18. The number of aromatic nitrogens is 1. The van der Waals surface area contributed by atoms with E-state index in [9.17, 15) is 14.0 Å². The molecule has 7 heteroatoms. The quantitative estimate of drug-likeness (QED) is 0.606. The molecule has 1 amide bonds. The number of carbonyl (C=O) groups excluding carboxylic acids is 2. The summed E-state index contributed by atoms with van der Waals surface area (Å²) in [6.07, 6.45) is 3.64. The number of hydrogen-bond donors (Lipinski definition) is 1. The third kappa shape index (κ3) is 4.62. The van der Waals surface area contributed by atoms with Gasteiger partial charge in [0.1, 0.15) is 5.82 Å². The number of nitrogens with zero attached hydrogens (tertiary/aromatic N) is 1. The van der Waals surface area contributed by atoms with Gasteiger partial charge >= 0.3 is 5.97 Å². The molecule has 1 heterocycles. The highest BCUT2D eigenvalue weighted by molar-refractivity contribution is 7.18. The molecule has 29 heavy (non-hydrogen) atoms. The zero-order valence-electron chi connectivity index (χ0n) is 15.8. The zero-order valence-corrected chi connectivity index (χ0v) is 16.6. The third-order valence-electron chi connectivity index (χ3n) is 5.17. The van der Waals surface area contributed by atoms with E-state index in [-0.39, 0.29) is 30.2 Å². The largest absolute Gasteiger partial charge is 0.455 e. The molecule has 2 atom stereocenters. The van der Waals surface area contributed by atoms with E-state index >= 15 is 0 Å². The lowest BCUT2D eigenvalue weighted by Gasteiger charge is -2.28. The van der Waals surface area contributed by atoms with E-state index in [1.807, 2.05) is 24.3 Å². The van der Waals surface area contributed by atoms with Crippen molar-refractivity contribution >= 4 is 39.1 Å². The Balaban J connectivity index is 1.39. The number of thiazole rings is 1. The molecule has 1 aliphatic carbocycles. The average molecular weight is 412 g/mol. The molecule has 2 aromatic carbocycles. The van der Waals surface area contributed by atoms with Gasteiger partial charge < -0.3 is 10.1 Å². The molecule has 4 rings (SSSR count). The molecule has 0 radical (unpaired) electrons. The number of halogens is 1. The van der Waals surface area contributed by atoms with E-state index in [4.69, 9.17) is 9.72 Å². The van der Waals surface area contributed by atoms with Crippen LogP contribution in [0.5, 0.6) is 0 Å². The van der Waals surface area contributed by atoms with E-state index in [1.54, 1.807) is 11.3 Å². The van der Waals surface area contributed by atoms with Gasteiger partial charge in [0.2, 0.25) is 0 Å². The topological polar surface area (TPSA) is 68.3 Å². The van der Waals surface area contributed by atoms with E-state index in [2.05, 4.69) is 5.32 Å². The number of esters is 1. The number of carbonyl (C=O) groups is 2. The number of fused-ring (bicyclic) bond motifs is 1. The Morgan fingerprint density at radius 3 is 2.66 bits per heavy atom. The third-order valence-corrected chi connectivity index (χ3v) is 6.34. The molecule has 5 nitrogen and oxygen atoms in total. The van der Waals surface area contributed by atoms with Crippen molar-refractivity contribution in [3.05, 3.63) is 59.4 Å². The maximum Gasteiger partial charge on any atom is 0.310 e. The van der Waals surface area contributed by atoms with Crippen LogP contribution in [0, 0.1) is 11.7 Å². The summed E-state index contributed by atoms with van der Waals surface area (Å²) in [5, 5.41) is 3.56. The molecular weight excluding hydrogens is 391 g/mol. The Kier molecular flexibility index (Phi) is 5.85. The van der Waals surface area contributed by atoms with Crippen LogP contribution in [0.4, 0.5) is 10.1 Å². The zero-order chi connectivity index (χ0) is 20.2. The van der Waals surface area contributed by atoms with Crippen molar-refractivity contribution in [1.29, 1.82) is 0 Å². The summed E-state index contributed by atoms with van der Waals surface area (Å²) >= 11 is 1.62. The molecule has 0 spiro atoms. The molecule has 1 aromatic heterocycles. The molecule has 0 saturated heterocycles. The maximum atomic E-state index is 12.9. The highest BCUT2D eigenvalue weighted by Crippen LogP contribution is 2.41. The lowest BCUT2D eigenvalue weighted by molar-refractivity contribution is -0.153. The Bertz CT molecular complexity index is 985. The van der Waals surface area contributed by atoms with Crippen LogP contribution in [0.15, 0.2) is 48.5 Å². The van der Waals surface area contributed by atoms with Gasteiger partial charge in [-0.25, -0.2) is 9.37 Å². The number of rotatable bonds is 5. The molecule has 1 N–H and O–H groups in total. The second-order valence-electron chi connectivity index (χ2n) is 7.18. The molecule has 3 aromatic rings.